The third kappa shape index (κ3) is 5.45. The average Bonchev–Trinajstić information content (AvgIpc) is 2.28. The highest BCUT2D eigenvalue weighted by molar-refractivity contribution is 5.08. The Morgan fingerprint density at radius 1 is 1.17 bits per heavy atom. The Hall–Kier alpha value is -1.16. The first kappa shape index (κ1) is 14.9. The number of hydrogen-bond donors (Lipinski definition) is 1. The van der Waals surface area contributed by atoms with E-state index in [-0.39, 0.29) is 6.10 Å². The van der Waals surface area contributed by atoms with Crippen LogP contribution in [0.4, 0.5) is 0 Å². The van der Waals surface area contributed by atoms with Crippen molar-refractivity contribution in [3.8, 4) is 5.88 Å². The van der Waals surface area contributed by atoms with Crippen molar-refractivity contribution in [1.29, 1.82) is 0 Å². The summed E-state index contributed by atoms with van der Waals surface area (Å²) in [5.74, 6) is 1.72. The number of ether oxygens (including phenoxy) is 1. The average molecular weight is 251 g/mol. The summed E-state index contributed by atoms with van der Waals surface area (Å²) in [7, 11) is 0. The van der Waals surface area contributed by atoms with Gasteiger partial charge in [0.2, 0.25) is 5.88 Å². The smallest absolute Gasteiger partial charge is 0.232 e. The molecule has 0 radical (unpaired) electrons. The lowest BCUT2D eigenvalue weighted by Gasteiger charge is -2.17. The third-order valence-electron chi connectivity index (χ3n) is 2.77. The zero-order valence-electron chi connectivity index (χ0n) is 12.1. The van der Waals surface area contributed by atoms with Gasteiger partial charge in [-0.3, -0.25) is 4.98 Å². The summed E-state index contributed by atoms with van der Waals surface area (Å²) in [4.78, 5) is 8.61. The summed E-state index contributed by atoms with van der Waals surface area (Å²) in [5, 5.41) is 3.35. The van der Waals surface area contributed by atoms with Crippen LogP contribution in [-0.4, -0.2) is 22.6 Å². The minimum absolute atomic E-state index is 0.151. The van der Waals surface area contributed by atoms with Gasteiger partial charge in [0, 0.05) is 12.7 Å². The van der Waals surface area contributed by atoms with Gasteiger partial charge in [-0.1, -0.05) is 27.7 Å². The van der Waals surface area contributed by atoms with Crippen LogP contribution < -0.4 is 10.1 Å². The fourth-order valence-electron chi connectivity index (χ4n) is 1.34. The van der Waals surface area contributed by atoms with Crippen molar-refractivity contribution >= 4 is 0 Å². The topological polar surface area (TPSA) is 47.0 Å². The van der Waals surface area contributed by atoms with E-state index in [9.17, 15) is 0 Å². The van der Waals surface area contributed by atoms with E-state index in [1.807, 2.05) is 0 Å². The summed E-state index contributed by atoms with van der Waals surface area (Å²) in [6.07, 6.45) is 3.60. The molecule has 4 nitrogen and oxygen atoms in total. The first-order valence-corrected chi connectivity index (χ1v) is 6.67. The van der Waals surface area contributed by atoms with Crippen molar-refractivity contribution in [2.24, 2.45) is 11.8 Å². The molecule has 0 aliphatic carbocycles. The minimum Gasteiger partial charge on any atom is -0.473 e. The maximum Gasteiger partial charge on any atom is 0.232 e. The van der Waals surface area contributed by atoms with Gasteiger partial charge < -0.3 is 10.1 Å². The number of aromatic nitrogens is 2. The Labute approximate surface area is 110 Å². The molecule has 0 amide bonds. The standard InChI is InChI=1S/C14H25N3O/c1-10(2)6-15-7-13-8-16-9-14(17-13)18-12(5)11(3)4/h8-12,15H,6-7H2,1-5H3. The van der Waals surface area contributed by atoms with Crippen molar-refractivity contribution in [2.75, 3.05) is 6.54 Å². The number of nitrogens with zero attached hydrogens (tertiary/aromatic N) is 2. The highest BCUT2D eigenvalue weighted by Crippen LogP contribution is 2.12. The van der Waals surface area contributed by atoms with Crippen LogP contribution in [0.3, 0.4) is 0 Å². The van der Waals surface area contributed by atoms with E-state index in [4.69, 9.17) is 4.74 Å². The van der Waals surface area contributed by atoms with Gasteiger partial charge in [-0.15, -0.1) is 0 Å². The number of nitrogens with one attached hydrogen (secondary N) is 1. The Bertz CT molecular complexity index is 353. The van der Waals surface area contributed by atoms with E-state index < -0.39 is 0 Å². The Morgan fingerprint density at radius 2 is 1.89 bits per heavy atom. The van der Waals surface area contributed by atoms with Crippen LogP contribution in [0.1, 0.15) is 40.3 Å². The molecule has 0 aromatic carbocycles. The first-order chi connectivity index (χ1) is 8.49. The van der Waals surface area contributed by atoms with Gasteiger partial charge in [0.1, 0.15) is 0 Å². The van der Waals surface area contributed by atoms with E-state index in [0.717, 1.165) is 18.8 Å². The lowest BCUT2D eigenvalue weighted by atomic mass is 10.1. The molecule has 1 aromatic rings. The Morgan fingerprint density at radius 3 is 2.50 bits per heavy atom. The van der Waals surface area contributed by atoms with Crippen molar-refractivity contribution in [2.45, 2.75) is 47.3 Å². The molecule has 1 rings (SSSR count). The number of rotatable bonds is 7. The van der Waals surface area contributed by atoms with E-state index in [1.165, 1.54) is 0 Å². The molecule has 0 spiro atoms. The van der Waals surface area contributed by atoms with Gasteiger partial charge in [0.25, 0.3) is 0 Å². The molecule has 1 heterocycles. The Kier molecular flexibility index (Phi) is 6.05. The molecule has 4 heteroatoms. The molecule has 0 saturated carbocycles. The van der Waals surface area contributed by atoms with Gasteiger partial charge in [0.05, 0.1) is 18.0 Å². The maximum absolute atomic E-state index is 5.74. The van der Waals surface area contributed by atoms with E-state index in [2.05, 4.69) is 49.9 Å². The lowest BCUT2D eigenvalue weighted by Crippen LogP contribution is -2.21. The Balaban J connectivity index is 2.51. The highest BCUT2D eigenvalue weighted by atomic mass is 16.5. The van der Waals surface area contributed by atoms with Crippen molar-refractivity contribution in [3.05, 3.63) is 18.1 Å². The zero-order chi connectivity index (χ0) is 13.5. The van der Waals surface area contributed by atoms with Crippen molar-refractivity contribution in [3.63, 3.8) is 0 Å². The van der Waals surface area contributed by atoms with Crippen molar-refractivity contribution in [1.82, 2.24) is 15.3 Å². The molecule has 0 bridgehead atoms. The van der Waals surface area contributed by atoms with E-state index in [1.54, 1.807) is 12.4 Å². The molecule has 1 atom stereocenters. The normalized spacial score (nSPS) is 13.1. The summed E-state index contributed by atoms with van der Waals surface area (Å²) < 4.78 is 5.74. The molecule has 0 fully saturated rings. The van der Waals surface area contributed by atoms with Crippen LogP contribution in [0.25, 0.3) is 0 Å². The predicted octanol–water partition coefficient (Wildman–Crippen LogP) is 2.65. The quantitative estimate of drug-likeness (QED) is 0.809. The molecule has 0 aliphatic heterocycles. The van der Waals surface area contributed by atoms with Gasteiger partial charge >= 0.3 is 0 Å². The maximum atomic E-state index is 5.74. The van der Waals surface area contributed by atoms with Crippen molar-refractivity contribution < 1.29 is 4.74 Å². The fourth-order valence-corrected chi connectivity index (χ4v) is 1.34. The summed E-state index contributed by atoms with van der Waals surface area (Å²) >= 11 is 0. The van der Waals surface area contributed by atoms with Crippen LogP contribution in [0.15, 0.2) is 12.4 Å². The monoisotopic (exact) mass is 251 g/mol. The first-order valence-electron chi connectivity index (χ1n) is 6.67. The lowest BCUT2D eigenvalue weighted by molar-refractivity contribution is 0.162. The van der Waals surface area contributed by atoms with Gasteiger partial charge in [-0.25, -0.2) is 4.98 Å². The molecule has 1 N–H and O–H groups in total. The minimum atomic E-state index is 0.151. The second-order valence-electron chi connectivity index (χ2n) is 5.44. The summed E-state index contributed by atoms with van der Waals surface area (Å²) in [6, 6.07) is 0. The molecule has 102 valence electrons. The molecule has 1 aromatic heterocycles. The van der Waals surface area contributed by atoms with E-state index >= 15 is 0 Å². The number of hydrogen-bond acceptors (Lipinski definition) is 4. The SMILES string of the molecule is CC(C)CNCc1cncc(OC(C)C(C)C)n1. The molecule has 0 aliphatic rings. The van der Waals surface area contributed by atoms with Crippen LogP contribution in [0.2, 0.25) is 0 Å². The highest BCUT2D eigenvalue weighted by Gasteiger charge is 2.10. The molecular weight excluding hydrogens is 226 g/mol. The predicted molar refractivity (Wildman–Crippen MR) is 73.5 cm³/mol. The summed E-state index contributed by atoms with van der Waals surface area (Å²) in [6.45, 7) is 12.4. The van der Waals surface area contributed by atoms with Crippen LogP contribution >= 0.6 is 0 Å². The molecule has 1 unspecified atom stereocenters. The zero-order valence-corrected chi connectivity index (χ0v) is 12.1. The second-order valence-corrected chi connectivity index (χ2v) is 5.44. The molecule has 18 heavy (non-hydrogen) atoms. The van der Waals surface area contributed by atoms with Gasteiger partial charge in [-0.2, -0.15) is 0 Å². The van der Waals surface area contributed by atoms with E-state index in [0.29, 0.717) is 17.7 Å². The third-order valence-corrected chi connectivity index (χ3v) is 2.77. The van der Waals surface area contributed by atoms with Crippen LogP contribution in [0.5, 0.6) is 5.88 Å². The van der Waals surface area contributed by atoms with Gasteiger partial charge in [0.15, 0.2) is 0 Å². The summed E-state index contributed by atoms with van der Waals surface area (Å²) in [5.41, 5.74) is 0.920. The van der Waals surface area contributed by atoms with Crippen LogP contribution in [-0.2, 0) is 6.54 Å². The molecular formula is C14H25N3O. The van der Waals surface area contributed by atoms with Crippen LogP contribution in [0, 0.1) is 11.8 Å². The van der Waals surface area contributed by atoms with Gasteiger partial charge in [-0.05, 0) is 25.3 Å². The fraction of sp³-hybridized carbons (Fsp3) is 0.714. The largest absolute Gasteiger partial charge is 0.473 e. The molecule has 0 saturated heterocycles. The second kappa shape index (κ2) is 7.31.